The molecule has 0 aliphatic rings. The van der Waals surface area contributed by atoms with Crippen molar-refractivity contribution in [3.8, 4) is 0 Å². The topological polar surface area (TPSA) is 28.7 Å². The maximum absolute atomic E-state index is 5.15. The smallest absolute Gasteiger partial charge is 0.109 e. The third-order valence-corrected chi connectivity index (χ3v) is 5.26. The highest BCUT2D eigenvalue weighted by Gasteiger charge is 2.34. The second kappa shape index (κ2) is 8.35. The zero-order valence-corrected chi connectivity index (χ0v) is 17.0. The molecule has 1 aromatic rings. The third-order valence-electron chi connectivity index (χ3n) is 5.26. The maximum atomic E-state index is 5.15. The van der Waals surface area contributed by atoms with E-state index >= 15 is 0 Å². The van der Waals surface area contributed by atoms with Gasteiger partial charge in [0.2, 0.25) is 0 Å². The minimum atomic E-state index is 0.150. The van der Waals surface area contributed by atoms with Crippen LogP contribution in [0.3, 0.4) is 0 Å². The molecular weight excluding hydrogens is 280 g/mol. The molecule has 1 N–H and O–H groups in total. The second-order valence-electron chi connectivity index (χ2n) is 8.66. The third kappa shape index (κ3) is 5.09. The molecule has 0 saturated carbocycles. The second-order valence-corrected chi connectivity index (χ2v) is 8.66. The van der Waals surface area contributed by atoms with Gasteiger partial charge < -0.3 is 4.98 Å². The fraction of sp³-hybridized carbons (Fsp3) is 0.857. The van der Waals surface area contributed by atoms with Gasteiger partial charge in [-0.25, -0.2) is 4.98 Å². The molecule has 0 aliphatic heterocycles. The van der Waals surface area contributed by atoms with Crippen LogP contribution in [0.4, 0.5) is 0 Å². The van der Waals surface area contributed by atoms with Gasteiger partial charge in [0.1, 0.15) is 5.82 Å². The summed E-state index contributed by atoms with van der Waals surface area (Å²) in [5.74, 6) is 1.72. The minimum Gasteiger partial charge on any atom is -0.345 e. The lowest BCUT2D eigenvalue weighted by Gasteiger charge is -2.30. The van der Waals surface area contributed by atoms with Crippen molar-refractivity contribution in [3.05, 3.63) is 17.2 Å². The highest BCUT2D eigenvalue weighted by Crippen LogP contribution is 2.39. The first-order valence-electron chi connectivity index (χ1n) is 9.80. The van der Waals surface area contributed by atoms with Gasteiger partial charge in [-0.2, -0.15) is 0 Å². The van der Waals surface area contributed by atoms with Crippen molar-refractivity contribution in [3.63, 3.8) is 0 Å². The van der Waals surface area contributed by atoms with Crippen LogP contribution in [0.5, 0.6) is 0 Å². The van der Waals surface area contributed by atoms with Gasteiger partial charge in [-0.05, 0) is 19.3 Å². The molecule has 0 fully saturated rings. The molecule has 1 heterocycles. The van der Waals surface area contributed by atoms with Crippen molar-refractivity contribution in [1.29, 1.82) is 0 Å². The standard InChI is InChI=1S/C21H40N2/c1-9-12-15-21(7,8)18-17(20(5,6)14-11-3)22-19(23-18)16(4)13-10-2/h16H,9-15H2,1-8H3,(H,22,23). The monoisotopic (exact) mass is 320 g/mol. The number of unbranched alkanes of at least 4 members (excludes halogenated alkanes) is 1. The lowest BCUT2D eigenvalue weighted by atomic mass is 9.76. The Kier molecular flexibility index (Phi) is 7.35. The molecule has 1 aromatic heterocycles. The summed E-state index contributed by atoms with van der Waals surface area (Å²) in [6.07, 6.45) is 8.56. The fourth-order valence-corrected chi connectivity index (χ4v) is 3.66. The Morgan fingerprint density at radius 1 is 0.913 bits per heavy atom. The van der Waals surface area contributed by atoms with E-state index in [9.17, 15) is 0 Å². The zero-order valence-electron chi connectivity index (χ0n) is 17.0. The fourth-order valence-electron chi connectivity index (χ4n) is 3.66. The van der Waals surface area contributed by atoms with Crippen molar-refractivity contribution in [2.24, 2.45) is 0 Å². The molecule has 0 bridgehead atoms. The number of H-pyrrole nitrogens is 1. The average molecular weight is 321 g/mol. The first-order chi connectivity index (χ1) is 10.7. The lowest BCUT2D eigenvalue weighted by molar-refractivity contribution is 0.409. The van der Waals surface area contributed by atoms with Crippen LogP contribution in [0, 0.1) is 0 Å². The van der Waals surface area contributed by atoms with E-state index in [0.717, 1.165) is 0 Å². The molecule has 0 radical (unpaired) electrons. The Labute approximate surface area is 144 Å². The Balaban J connectivity index is 3.29. The molecule has 0 spiro atoms. The van der Waals surface area contributed by atoms with Crippen LogP contribution >= 0.6 is 0 Å². The van der Waals surface area contributed by atoms with Crippen molar-refractivity contribution in [2.45, 2.75) is 117 Å². The summed E-state index contributed by atoms with van der Waals surface area (Å²) in [5.41, 5.74) is 3.03. The van der Waals surface area contributed by atoms with E-state index in [-0.39, 0.29) is 10.8 Å². The summed E-state index contributed by atoms with van der Waals surface area (Å²) in [6.45, 7) is 18.6. The van der Waals surface area contributed by atoms with Gasteiger partial charge in [-0.3, -0.25) is 0 Å². The molecule has 2 nitrogen and oxygen atoms in total. The Hall–Kier alpha value is -0.790. The zero-order chi connectivity index (χ0) is 17.7. The number of imidazole rings is 1. The molecular formula is C21H40N2. The van der Waals surface area contributed by atoms with Crippen LogP contribution in [0.25, 0.3) is 0 Å². The number of rotatable bonds is 10. The highest BCUT2D eigenvalue weighted by atomic mass is 15.0. The van der Waals surface area contributed by atoms with Gasteiger partial charge in [-0.1, -0.05) is 81.1 Å². The van der Waals surface area contributed by atoms with Gasteiger partial charge in [0.25, 0.3) is 0 Å². The minimum absolute atomic E-state index is 0.150. The lowest BCUT2D eigenvalue weighted by Crippen LogP contribution is -2.26. The van der Waals surface area contributed by atoms with E-state index in [2.05, 4.69) is 60.4 Å². The number of nitrogens with one attached hydrogen (secondary N) is 1. The largest absolute Gasteiger partial charge is 0.345 e. The molecule has 1 atom stereocenters. The van der Waals surface area contributed by atoms with Gasteiger partial charge in [0.15, 0.2) is 0 Å². The highest BCUT2D eigenvalue weighted by molar-refractivity contribution is 5.30. The van der Waals surface area contributed by atoms with Crippen molar-refractivity contribution in [2.75, 3.05) is 0 Å². The van der Waals surface area contributed by atoms with Gasteiger partial charge in [0.05, 0.1) is 5.69 Å². The Bertz CT molecular complexity index is 468. The molecule has 1 rings (SSSR count). The van der Waals surface area contributed by atoms with Gasteiger partial charge >= 0.3 is 0 Å². The van der Waals surface area contributed by atoms with Gasteiger partial charge in [0, 0.05) is 22.4 Å². The Morgan fingerprint density at radius 3 is 2.09 bits per heavy atom. The van der Waals surface area contributed by atoms with Crippen LogP contribution in [-0.4, -0.2) is 9.97 Å². The van der Waals surface area contributed by atoms with Crippen LogP contribution in [0.2, 0.25) is 0 Å². The van der Waals surface area contributed by atoms with Crippen LogP contribution < -0.4 is 0 Å². The molecule has 134 valence electrons. The first-order valence-corrected chi connectivity index (χ1v) is 9.80. The summed E-state index contributed by atoms with van der Waals surface area (Å²) in [7, 11) is 0. The molecule has 0 aliphatic carbocycles. The summed E-state index contributed by atoms with van der Waals surface area (Å²) < 4.78 is 0. The first kappa shape index (κ1) is 20.3. The summed E-state index contributed by atoms with van der Waals surface area (Å²) in [5, 5.41) is 0. The summed E-state index contributed by atoms with van der Waals surface area (Å²) >= 11 is 0. The number of hydrogen-bond acceptors (Lipinski definition) is 1. The van der Waals surface area contributed by atoms with E-state index in [0.29, 0.717) is 5.92 Å². The quantitative estimate of drug-likeness (QED) is 0.501. The van der Waals surface area contributed by atoms with E-state index < -0.39 is 0 Å². The maximum Gasteiger partial charge on any atom is 0.109 e. The van der Waals surface area contributed by atoms with E-state index in [1.807, 2.05) is 0 Å². The van der Waals surface area contributed by atoms with E-state index in [4.69, 9.17) is 4.98 Å². The molecule has 23 heavy (non-hydrogen) atoms. The normalized spacial score (nSPS) is 14.3. The van der Waals surface area contributed by atoms with E-state index in [1.54, 1.807) is 0 Å². The molecule has 0 saturated heterocycles. The SMILES string of the molecule is CCCCC(C)(C)c1nc(C(C)CCC)[nH]c1C(C)(C)CCC. The van der Waals surface area contributed by atoms with Crippen molar-refractivity contribution in [1.82, 2.24) is 9.97 Å². The van der Waals surface area contributed by atoms with Crippen molar-refractivity contribution < 1.29 is 0 Å². The Morgan fingerprint density at radius 2 is 1.57 bits per heavy atom. The molecule has 0 amide bonds. The number of aromatic amines is 1. The predicted octanol–water partition coefficient (Wildman–Crippen LogP) is 6.86. The van der Waals surface area contributed by atoms with Crippen LogP contribution in [0.1, 0.15) is 123 Å². The van der Waals surface area contributed by atoms with E-state index in [1.165, 1.54) is 62.2 Å². The summed E-state index contributed by atoms with van der Waals surface area (Å²) in [6, 6.07) is 0. The summed E-state index contributed by atoms with van der Waals surface area (Å²) in [4.78, 5) is 8.91. The number of aromatic nitrogens is 2. The van der Waals surface area contributed by atoms with Crippen LogP contribution in [0.15, 0.2) is 0 Å². The van der Waals surface area contributed by atoms with Gasteiger partial charge in [-0.15, -0.1) is 0 Å². The predicted molar refractivity (Wildman–Crippen MR) is 102 cm³/mol. The average Bonchev–Trinajstić information content (AvgIpc) is 2.92. The molecule has 0 aromatic carbocycles. The number of nitrogens with zero attached hydrogens (tertiary/aromatic N) is 1. The molecule has 2 heteroatoms. The van der Waals surface area contributed by atoms with Crippen LogP contribution in [-0.2, 0) is 10.8 Å². The molecule has 1 unspecified atom stereocenters. The van der Waals surface area contributed by atoms with Crippen molar-refractivity contribution >= 4 is 0 Å². The number of hydrogen-bond donors (Lipinski definition) is 1.